The molecule has 138 valence electrons. The summed E-state index contributed by atoms with van der Waals surface area (Å²) < 4.78 is 39.8. The molecular weight excluding hydrogens is 377 g/mol. The number of aryl methyl sites for hydroxylation is 1. The number of thioether (sulfide) groups is 1. The van der Waals surface area contributed by atoms with Crippen LogP contribution in [0.3, 0.4) is 0 Å². The van der Waals surface area contributed by atoms with Crippen molar-refractivity contribution in [3.05, 3.63) is 46.9 Å². The van der Waals surface area contributed by atoms with Crippen LogP contribution in [0.15, 0.2) is 24.3 Å². The zero-order valence-electron chi connectivity index (χ0n) is 14.1. The number of sulfone groups is 1. The van der Waals surface area contributed by atoms with Gasteiger partial charge in [0.05, 0.1) is 34.2 Å². The predicted octanol–water partition coefficient (Wildman–Crippen LogP) is 2.46. The maximum Gasteiger partial charge on any atom is 0.235 e. The second-order valence-corrected chi connectivity index (χ2v) is 9.93. The molecule has 1 fully saturated rings. The smallest absolute Gasteiger partial charge is 0.235 e. The summed E-state index contributed by atoms with van der Waals surface area (Å²) in [6.07, 6.45) is 0.462. The highest BCUT2D eigenvalue weighted by atomic mass is 32.2. The first-order valence-corrected chi connectivity index (χ1v) is 11.2. The molecule has 1 saturated heterocycles. The first-order valence-electron chi connectivity index (χ1n) is 8.31. The van der Waals surface area contributed by atoms with Crippen molar-refractivity contribution >= 4 is 33.3 Å². The first kappa shape index (κ1) is 17.5. The molecule has 0 bridgehead atoms. The van der Waals surface area contributed by atoms with Crippen molar-refractivity contribution in [2.75, 3.05) is 22.6 Å². The molecule has 3 heterocycles. The molecule has 1 N–H and O–H groups in total. The number of amides is 1. The molecule has 2 aromatic rings. The van der Waals surface area contributed by atoms with E-state index >= 15 is 0 Å². The highest BCUT2D eigenvalue weighted by molar-refractivity contribution is 8.00. The third-order valence-electron chi connectivity index (χ3n) is 4.77. The van der Waals surface area contributed by atoms with Gasteiger partial charge in [-0.15, -0.1) is 11.8 Å². The molecule has 1 aromatic carbocycles. The van der Waals surface area contributed by atoms with Gasteiger partial charge in [-0.3, -0.25) is 4.79 Å². The molecule has 0 radical (unpaired) electrons. The van der Waals surface area contributed by atoms with Crippen molar-refractivity contribution < 1.29 is 17.6 Å². The summed E-state index contributed by atoms with van der Waals surface area (Å²) in [6.45, 7) is 1.81. The minimum atomic E-state index is -3.09. The summed E-state index contributed by atoms with van der Waals surface area (Å²) in [6, 6.07) is 6.20. The van der Waals surface area contributed by atoms with Gasteiger partial charge < -0.3 is 5.32 Å². The number of halogens is 1. The van der Waals surface area contributed by atoms with Crippen molar-refractivity contribution in [1.82, 2.24) is 9.78 Å². The average molecular weight is 395 g/mol. The van der Waals surface area contributed by atoms with Gasteiger partial charge in [0.1, 0.15) is 11.6 Å². The average Bonchev–Trinajstić information content (AvgIpc) is 3.03. The quantitative estimate of drug-likeness (QED) is 0.845. The first-order chi connectivity index (χ1) is 12.4. The molecule has 26 heavy (non-hydrogen) atoms. The predicted molar refractivity (Wildman–Crippen MR) is 98.6 cm³/mol. The lowest BCUT2D eigenvalue weighted by Gasteiger charge is -2.17. The zero-order valence-corrected chi connectivity index (χ0v) is 15.7. The second kappa shape index (κ2) is 6.38. The lowest BCUT2D eigenvalue weighted by Crippen LogP contribution is -2.20. The number of nitrogens with one attached hydrogen (secondary N) is 1. The normalized spacial score (nSPS) is 24.8. The largest absolute Gasteiger partial charge is 0.310 e. The topological polar surface area (TPSA) is 81.1 Å². The number of carbonyl (C=O) groups is 1. The molecule has 1 aromatic heterocycles. The Hall–Kier alpha value is -1.87. The van der Waals surface area contributed by atoms with Crippen molar-refractivity contribution in [3.8, 4) is 0 Å². The van der Waals surface area contributed by atoms with Gasteiger partial charge >= 0.3 is 0 Å². The van der Waals surface area contributed by atoms with E-state index in [0.29, 0.717) is 23.5 Å². The molecule has 9 heteroatoms. The van der Waals surface area contributed by atoms with Gasteiger partial charge in [-0.1, -0.05) is 18.2 Å². The molecule has 2 atom stereocenters. The number of anilines is 1. The Labute approximate surface area is 155 Å². The van der Waals surface area contributed by atoms with Crippen LogP contribution in [-0.4, -0.2) is 41.4 Å². The van der Waals surface area contributed by atoms with Crippen LogP contribution in [0, 0.1) is 12.7 Å². The number of fused-ring (bicyclic) bond motifs is 1. The number of benzene rings is 1. The number of aromatic nitrogens is 2. The second-order valence-electron chi connectivity index (χ2n) is 6.61. The molecule has 0 saturated carbocycles. The van der Waals surface area contributed by atoms with Gasteiger partial charge in [-0.2, -0.15) is 5.10 Å². The number of carbonyl (C=O) groups excluding carboxylic acids is 1. The molecular formula is C17H18FN3O3S2. The highest BCUT2D eigenvalue weighted by Gasteiger charge is 2.36. The van der Waals surface area contributed by atoms with Crippen LogP contribution in [0.2, 0.25) is 0 Å². The maximum atomic E-state index is 14.4. The summed E-state index contributed by atoms with van der Waals surface area (Å²) in [5.74, 6) is 0.278. The minimum absolute atomic E-state index is 0.00788. The molecule has 2 aliphatic rings. The van der Waals surface area contributed by atoms with Crippen LogP contribution >= 0.6 is 11.8 Å². The summed E-state index contributed by atoms with van der Waals surface area (Å²) >= 11 is 1.35. The Balaban J connectivity index is 1.85. The summed E-state index contributed by atoms with van der Waals surface area (Å²) in [5, 5.41) is 7.00. The summed E-state index contributed by atoms with van der Waals surface area (Å²) in [7, 11) is -3.09. The van der Waals surface area contributed by atoms with E-state index in [2.05, 4.69) is 10.4 Å². The molecule has 4 rings (SSSR count). The van der Waals surface area contributed by atoms with Gasteiger partial charge in [-0.05, 0) is 19.4 Å². The number of hydrogen-bond acceptors (Lipinski definition) is 5. The standard InChI is InChI=1S/C17H18FN3O3S2/c1-10-15-16(12-4-2-3-5-13(12)18)25-8-14(22)19-17(15)21(20-10)11-6-7-26(23,24)9-11/h2-5,11,16H,6-9H2,1H3,(H,19,22)/t11-,16+/m0/s1. The molecule has 0 spiro atoms. The van der Waals surface area contributed by atoms with E-state index in [1.807, 2.05) is 6.92 Å². The Morgan fingerprint density at radius 3 is 2.81 bits per heavy atom. The van der Waals surface area contributed by atoms with E-state index in [1.54, 1.807) is 22.9 Å². The molecule has 2 aliphatic heterocycles. The van der Waals surface area contributed by atoms with E-state index in [4.69, 9.17) is 0 Å². The number of nitrogens with zero attached hydrogens (tertiary/aromatic N) is 2. The van der Waals surface area contributed by atoms with E-state index in [1.165, 1.54) is 17.8 Å². The van der Waals surface area contributed by atoms with Crippen molar-refractivity contribution in [1.29, 1.82) is 0 Å². The van der Waals surface area contributed by atoms with E-state index < -0.39 is 9.84 Å². The van der Waals surface area contributed by atoms with Crippen molar-refractivity contribution in [3.63, 3.8) is 0 Å². The van der Waals surface area contributed by atoms with E-state index in [0.717, 1.165) is 5.56 Å². The fourth-order valence-corrected chi connectivity index (χ4v) is 6.48. The highest BCUT2D eigenvalue weighted by Crippen LogP contribution is 2.45. The molecule has 0 unspecified atom stereocenters. The Kier molecular flexibility index (Phi) is 4.31. The van der Waals surface area contributed by atoms with Crippen LogP contribution < -0.4 is 5.32 Å². The van der Waals surface area contributed by atoms with Gasteiger partial charge in [0.25, 0.3) is 0 Å². The van der Waals surface area contributed by atoms with Gasteiger partial charge in [0.2, 0.25) is 5.91 Å². The summed E-state index contributed by atoms with van der Waals surface area (Å²) in [4.78, 5) is 12.2. The van der Waals surface area contributed by atoms with E-state index in [-0.39, 0.29) is 40.3 Å². The minimum Gasteiger partial charge on any atom is -0.310 e. The number of hydrogen-bond donors (Lipinski definition) is 1. The fourth-order valence-electron chi connectivity index (χ4n) is 3.57. The zero-order chi connectivity index (χ0) is 18.5. The number of rotatable bonds is 2. The Morgan fingerprint density at radius 1 is 1.35 bits per heavy atom. The molecule has 0 aliphatic carbocycles. The summed E-state index contributed by atoms with van der Waals surface area (Å²) in [5.41, 5.74) is 1.92. The maximum absolute atomic E-state index is 14.4. The molecule has 6 nitrogen and oxygen atoms in total. The van der Waals surface area contributed by atoms with Crippen LogP contribution in [0.5, 0.6) is 0 Å². The van der Waals surface area contributed by atoms with E-state index in [9.17, 15) is 17.6 Å². The monoisotopic (exact) mass is 395 g/mol. The third kappa shape index (κ3) is 3.03. The van der Waals surface area contributed by atoms with Crippen LogP contribution in [0.1, 0.15) is 34.5 Å². The van der Waals surface area contributed by atoms with Crippen LogP contribution in [0.4, 0.5) is 10.2 Å². The van der Waals surface area contributed by atoms with Gasteiger partial charge in [-0.25, -0.2) is 17.5 Å². The van der Waals surface area contributed by atoms with Crippen LogP contribution in [-0.2, 0) is 14.6 Å². The SMILES string of the molecule is Cc1nn([C@H]2CCS(=O)(=O)C2)c2c1[C@@H](c1ccccc1F)SCC(=O)N2. The van der Waals surface area contributed by atoms with Crippen molar-refractivity contribution in [2.24, 2.45) is 0 Å². The third-order valence-corrected chi connectivity index (χ3v) is 7.78. The molecule has 1 amide bonds. The lowest BCUT2D eigenvalue weighted by molar-refractivity contribution is -0.113. The van der Waals surface area contributed by atoms with Gasteiger partial charge in [0.15, 0.2) is 9.84 Å². The lowest BCUT2D eigenvalue weighted by atomic mass is 10.0. The van der Waals surface area contributed by atoms with Crippen molar-refractivity contribution in [2.45, 2.75) is 24.6 Å². The Morgan fingerprint density at radius 2 is 2.12 bits per heavy atom. The fraction of sp³-hybridized carbons (Fsp3) is 0.412. The Bertz CT molecular complexity index is 987. The van der Waals surface area contributed by atoms with Crippen LogP contribution in [0.25, 0.3) is 0 Å². The van der Waals surface area contributed by atoms with Gasteiger partial charge in [0, 0.05) is 11.1 Å².